The van der Waals surface area contributed by atoms with E-state index in [2.05, 4.69) is 0 Å². The van der Waals surface area contributed by atoms with E-state index in [0.717, 1.165) is 30.2 Å². The molecular formula is C20H21ClF2NO8P. The molecule has 1 amide bonds. The number of phosphoric acid groups is 1. The van der Waals surface area contributed by atoms with Gasteiger partial charge in [0.25, 0.3) is 0 Å². The van der Waals surface area contributed by atoms with Crippen molar-refractivity contribution in [2.24, 2.45) is 0 Å². The summed E-state index contributed by atoms with van der Waals surface area (Å²) in [5.41, 5.74) is -2.35. The lowest BCUT2D eigenvalue weighted by atomic mass is 9.97. The highest BCUT2D eigenvalue weighted by Crippen LogP contribution is 2.57. The monoisotopic (exact) mass is 507 g/mol. The number of ketones is 1. The Bertz CT molecular complexity index is 1040. The van der Waals surface area contributed by atoms with Crippen LogP contribution in [-0.4, -0.2) is 59.0 Å². The zero-order valence-electron chi connectivity index (χ0n) is 17.4. The normalized spacial score (nSPS) is 37.1. The number of benzene rings is 1. The van der Waals surface area contributed by atoms with Gasteiger partial charge in [-0.1, -0.05) is 11.6 Å². The van der Waals surface area contributed by atoms with Crippen molar-refractivity contribution in [2.75, 3.05) is 13.2 Å². The number of hydrogen-bond acceptors (Lipinski definition) is 8. The smallest absolute Gasteiger partial charge is 0.387 e. The predicted molar refractivity (Wildman–Crippen MR) is 109 cm³/mol. The number of allylic oxidation sites excluding steroid dienone is 1. The fraction of sp³-hybridized carbons (Fsp3) is 0.500. The van der Waals surface area contributed by atoms with Crippen LogP contribution in [0.25, 0.3) is 0 Å². The van der Waals surface area contributed by atoms with Crippen LogP contribution in [0.1, 0.15) is 31.4 Å². The summed E-state index contributed by atoms with van der Waals surface area (Å²) in [6.07, 6.45) is -3.70. The van der Waals surface area contributed by atoms with Crippen molar-refractivity contribution in [1.82, 2.24) is 4.90 Å². The highest BCUT2D eigenvalue weighted by molar-refractivity contribution is 7.48. The molecule has 0 saturated carbocycles. The van der Waals surface area contributed by atoms with Gasteiger partial charge in [0.2, 0.25) is 5.91 Å². The third-order valence-electron chi connectivity index (χ3n) is 5.59. The number of rotatable bonds is 5. The first-order chi connectivity index (χ1) is 15.5. The first kappa shape index (κ1) is 24.4. The van der Waals surface area contributed by atoms with Gasteiger partial charge >= 0.3 is 7.82 Å². The molecule has 9 nitrogen and oxygen atoms in total. The third kappa shape index (κ3) is 4.90. The molecule has 180 valence electrons. The number of nitrogens with zero attached hydrogens (tertiary/aromatic N) is 1. The van der Waals surface area contributed by atoms with Crippen molar-refractivity contribution in [1.29, 1.82) is 0 Å². The van der Waals surface area contributed by atoms with E-state index in [1.54, 1.807) is 0 Å². The van der Waals surface area contributed by atoms with E-state index in [1.165, 1.54) is 12.1 Å². The Hall–Kier alpha value is -1.72. The minimum Gasteiger partial charge on any atom is -0.387 e. The highest BCUT2D eigenvalue weighted by atomic mass is 35.5. The van der Waals surface area contributed by atoms with Gasteiger partial charge in [-0.25, -0.2) is 13.3 Å². The largest absolute Gasteiger partial charge is 0.475 e. The Morgan fingerprint density at radius 3 is 2.88 bits per heavy atom. The van der Waals surface area contributed by atoms with Gasteiger partial charge in [-0.2, -0.15) is 0 Å². The van der Waals surface area contributed by atoms with E-state index in [-0.39, 0.29) is 23.6 Å². The number of alkyl halides is 1. The second kappa shape index (κ2) is 9.14. The van der Waals surface area contributed by atoms with Crippen molar-refractivity contribution in [2.45, 2.75) is 50.0 Å². The van der Waals surface area contributed by atoms with Crippen LogP contribution in [0.4, 0.5) is 8.78 Å². The Kier molecular flexibility index (Phi) is 6.76. The number of aliphatic hydroxyl groups excluding tert-OH is 1. The molecule has 0 spiro atoms. The van der Waals surface area contributed by atoms with Gasteiger partial charge in [0, 0.05) is 23.2 Å². The van der Waals surface area contributed by atoms with Crippen molar-refractivity contribution in [3.8, 4) is 0 Å². The fourth-order valence-corrected chi connectivity index (χ4v) is 5.39. The minimum atomic E-state index is -4.23. The molecule has 0 aliphatic carbocycles. The number of phosphoric ester groups is 1. The Morgan fingerprint density at radius 2 is 2.15 bits per heavy atom. The van der Waals surface area contributed by atoms with Gasteiger partial charge in [0.05, 0.1) is 25.7 Å². The van der Waals surface area contributed by atoms with E-state index in [1.807, 2.05) is 0 Å². The SMILES string of the molecule is C[C@@]1(F)[C@H](O)[C@@H](COP2(=O)OCC[C@H](c3cc(Cl)ccc3F)O2)O[C@H]1N1C=CC(=O)CC1=O. The molecule has 1 aromatic rings. The van der Waals surface area contributed by atoms with Gasteiger partial charge in [-0.05, 0) is 31.2 Å². The molecule has 3 aliphatic rings. The zero-order chi connectivity index (χ0) is 24.0. The first-order valence-electron chi connectivity index (χ1n) is 10.1. The lowest BCUT2D eigenvalue weighted by molar-refractivity contribution is -0.151. The van der Waals surface area contributed by atoms with Crippen LogP contribution in [0.5, 0.6) is 0 Å². The van der Waals surface area contributed by atoms with E-state index in [0.29, 0.717) is 0 Å². The number of hydrogen-bond donors (Lipinski definition) is 1. The van der Waals surface area contributed by atoms with Crippen molar-refractivity contribution < 1.29 is 46.3 Å². The standard InChI is InChI=1S/C20H21ClF2NO8P/c1-20(23)18(27)16(31-19(20)24-6-4-12(25)9-17(24)26)10-30-33(28)29-7-5-15(32-33)13-8-11(21)2-3-14(13)22/h2-4,6,8,15-16,18-19,27H,5,7,9-10H2,1H3/t15-,16-,18-,19-,20-,33?/m1/s1. The molecule has 2 fully saturated rings. The van der Waals surface area contributed by atoms with Gasteiger partial charge in [0.15, 0.2) is 17.7 Å². The predicted octanol–water partition coefficient (Wildman–Crippen LogP) is 3.21. The molecule has 6 atom stereocenters. The van der Waals surface area contributed by atoms with Crippen molar-refractivity contribution in [3.05, 3.63) is 46.9 Å². The lowest BCUT2D eigenvalue weighted by Crippen LogP contribution is -2.51. The number of carbonyl (C=O) groups is 2. The van der Waals surface area contributed by atoms with Gasteiger partial charge in [-0.15, -0.1) is 0 Å². The minimum absolute atomic E-state index is 0.0769. The number of halogens is 3. The summed E-state index contributed by atoms with van der Waals surface area (Å²) in [6.45, 7) is 0.351. The molecule has 1 aromatic carbocycles. The maximum atomic E-state index is 15.3. The molecule has 3 aliphatic heterocycles. The van der Waals surface area contributed by atoms with Crippen LogP contribution in [0, 0.1) is 5.82 Å². The van der Waals surface area contributed by atoms with Crippen LogP contribution in [0.2, 0.25) is 5.02 Å². The second-order valence-electron chi connectivity index (χ2n) is 8.01. The Labute approximate surface area is 192 Å². The van der Waals surface area contributed by atoms with Crippen molar-refractivity contribution in [3.63, 3.8) is 0 Å². The summed E-state index contributed by atoms with van der Waals surface area (Å²) in [5, 5.41) is 10.7. The fourth-order valence-electron chi connectivity index (χ4n) is 3.82. The summed E-state index contributed by atoms with van der Waals surface area (Å²) < 4.78 is 63.6. The first-order valence-corrected chi connectivity index (χ1v) is 11.9. The Morgan fingerprint density at radius 1 is 1.39 bits per heavy atom. The van der Waals surface area contributed by atoms with Crippen LogP contribution in [0.3, 0.4) is 0 Å². The van der Waals surface area contributed by atoms with E-state index >= 15 is 4.39 Å². The number of ether oxygens (including phenoxy) is 1. The molecule has 1 N–H and O–H groups in total. The van der Waals surface area contributed by atoms with Gasteiger partial charge < -0.3 is 9.84 Å². The summed E-state index contributed by atoms with van der Waals surface area (Å²) in [7, 11) is -4.23. The number of amides is 1. The van der Waals surface area contributed by atoms with E-state index < -0.39 is 68.6 Å². The maximum absolute atomic E-state index is 15.3. The summed E-state index contributed by atoms with van der Waals surface area (Å²) in [5.74, 6) is -1.74. The Balaban J connectivity index is 1.44. The molecule has 33 heavy (non-hydrogen) atoms. The molecule has 0 aromatic heterocycles. The summed E-state index contributed by atoms with van der Waals surface area (Å²) >= 11 is 5.91. The molecule has 2 saturated heterocycles. The van der Waals surface area contributed by atoms with Gasteiger partial charge in [-0.3, -0.25) is 28.1 Å². The highest BCUT2D eigenvalue weighted by Gasteiger charge is 2.57. The quantitative estimate of drug-likeness (QED) is 0.478. The van der Waals surface area contributed by atoms with Crippen LogP contribution in [-0.2, 0) is 32.5 Å². The maximum Gasteiger partial charge on any atom is 0.475 e. The average Bonchev–Trinajstić information content (AvgIpc) is 2.97. The molecule has 13 heteroatoms. The second-order valence-corrected chi connectivity index (χ2v) is 10.1. The molecule has 4 rings (SSSR count). The number of carbonyl (C=O) groups excluding carboxylic acids is 2. The average molecular weight is 508 g/mol. The molecule has 0 bridgehead atoms. The van der Waals surface area contributed by atoms with Crippen molar-refractivity contribution >= 4 is 31.1 Å². The summed E-state index contributed by atoms with van der Waals surface area (Å²) in [6, 6.07) is 3.85. The molecule has 1 unspecified atom stereocenters. The van der Waals surface area contributed by atoms with E-state index in [9.17, 15) is 23.7 Å². The topological polar surface area (TPSA) is 112 Å². The van der Waals surface area contributed by atoms with Gasteiger partial charge in [0.1, 0.15) is 18.0 Å². The third-order valence-corrected chi connectivity index (χ3v) is 7.30. The molecule has 0 radical (unpaired) electrons. The van der Waals surface area contributed by atoms with Crippen LogP contribution in [0.15, 0.2) is 30.5 Å². The van der Waals surface area contributed by atoms with Crippen LogP contribution < -0.4 is 0 Å². The number of aliphatic hydroxyl groups is 1. The molecular weight excluding hydrogens is 487 g/mol. The lowest BCUT2D eigenvalue weighted by Gasteiger charge is -2.32. The van der Waals surface area contributed by atoms with E-state index in [4.69, 9.17) is 29.9 Å². The summed E-state index contributed by atoms with van der Waals surface area (Å²) in [4.78, 5) is 24.4. The zero-order valence-corrected chi connectivity index (χ0v) is 19.0. The molecule has 3 heterocycles. The van der Waals surface area contributed by atoms with Crippen LogP contribution >= 0.6 is 19.4 Å².